The lowest BCUT2D eigenvalue weighted by Crippen LogP contribution is -2.69. The molecule has 0 aromatic rings. The number of hydrogen-bond acceptors (Lipinski definition) is 5. The molecule has 2 rings (SSSR count). The van der Waals surface area contributed by atoms with Crippen LogP contribution >= 0.6 is 0 Å². The maximum absolute atomic E-state index is 12.2. The number of sulfonamides is 1. The Kier molecular flexibility index (Phi) is 4.68. The molecule has 20 heavy (non-hydrogen) atoms. The minimum absolute atomic E-state index is 0.0746. The zero-order chi connectivity index (χ0) is 14.8. The Hall–Kier alpha value is -0.700. The van der Waals surface area contributed by atoms with Crippen LogP contribution in [0.5, 0.6) is 0 Å². The van der Waals surface area contributed by atoms with Gasteiger partial charge in [0, 0.05) is 13.2 Å². The van der Waals surface area contributed by atoms with Gasteiger partial charge < -0.3 is 14.6 Å². The molecular formula is C12H21NO6S. The molecular weight excluding hydrogens is 286 g/mol. The number of carboxylic acid groups (broad SMARTS) is 1. The third-order valence-electron chi connectivity index (χ3n) is 3.74. The molecule has 8 heteroatoms. The van der Waals surface area contributed by atoms with E-state index in [-0.39, 0.29) is 31.6 Å². The highest BCUT2D eigenvalue weighted by Gasteiger charge is 2.55. The summed E-state index contributed by atoms with van der Waals surface area (Å²) in [6.45, 7) is 2.29. The minimum Gasteiger partial charge on any atom is -0.479 e. The van der Waals surface area contributed by atoms with Gasteiger partial charge in [0.2, 0.25) is 10.0 Å². The number of hydrogen-bond donors (Lipinski definition) is 1. The van der Waals surface area contributed by atoms with Gasteiger partial charge in [-0.2, -0.15) is 4.31 Å². The highest BCUT2D eigenvalue weighted by molar-refractivity contribution is 7.89. The fourth-order valence-electron chi connectivity index (χ4n) is 2.56. The monoisotopic (exact) mass is 307 g/mol. The lowest BCUT2D eigenvalue weighted by Gasteiger charge is -2.45. The molecule has 2 aliphatic heterocycles. The van der Waals surface area contributed by atoms with Gasteiger partial charge in [0.1, 0.15) is 0 Å². The zero-order valence-corrected chi connectivity index (χ0v) is 12.4. The summed E-state index contributed by atoms with van der Waals surface area (Å²) in [5.74, 6) is -1.19. The van der Waals surface area contributed by atoms with Crippen molar-refractivity contribution in [2.75, 3.05) is 32.1 Å². The summed E-state index contributed by atoms with van der Waals surface area (Å²) in [6, 6.07) is 0. The van der Waals surface area contributed by atoms with Gasteiger partial charge >= 0.3 is 5.97 Å². The van der Waals surface area contributed by atoms with E-state index < -0.39 is 21.6 Å². The fraction of sp³-hybridized carbons (Fsp3) is 0.917. The molecule has 1 N–H and O–H groups in total. The van der Waals surface area contributed by atoms with Gasteiger partial charge in [-0.25, -0.2) is 13.2 Å². The lowest BCUT2D eigenvalue weighted by molar-refractivity contribution is -0.181. The normalized spacial score (nSPS) is 26.9. The number of nitrogens with zero attached hydrogens (tertiary/aromatic N) is 1. The van der Waals surface area contributed by atoms with E-state index in [1.165, 1.54) is 4.31 Å². The van der Waals surface area contributed by atoms with E-state index in [0.29, 0.717) is 6.61 Å². The van der Waals surface area contributed by atoms with Crippen molar-refractivity contribution in [1.82, 2.24) is 4.31 Å². The highest BCUT2D eigenvalue weighted by atomic mass is 32.2. The predicted octanol–water partition coefficient (Wildman–Crippen LogP) is 0.0608. The zero-order valence-electron chi connectivity index (χ0n) is 11.6. The minimum atomic E-state index is -3.48. The molecule has 2 heterocycles. The van der Waals surface area contributed by atoms with Gasteiger partial charge in [-0.15, -0.1) is 0 Å². The summed E-state index contributed by atoms with van der Waals surface area (Å²) < 4.78 is 36.2. The van der Waals surface area contributed by atoms with E-state index in [9.17, 15) is 13.2 Å². The molecule has 2 fully saturated rings. The molecule has 0 bridgehead atoms. The van der Waals surface area contributed by atoms with E-state index in [2.05, 4.69) is 0 Å². The van der Waals surface area contributed by atoms with Gasteiger partial charge in [-0.05, 0) is 26.2 Å². The van der Waals surface area contributed by atoms with E-state index in [0.717, 1.165) is 19.3 Å². The molecule has 0 aromatic carbocycles. The van der Waals surface area contributed by atoms with Crippen LogP contribution < -0.4 is 0 Å². The van der Waals surface area contributed by atoms with Gasteiger partial charge in [-0.1, -0.05) is 0 Å². The smallest absolute Gasteiger partial charge is 0.338 e. The molecule has 0 spiro atoms. The van der Waals surface area contributed by atoms with Crippen LogP contribution in [0.1, 0.15) is 26.2 Å². The van der Waals surface area contributed by atoms with Crippen molar-refractivity contribution >= 4 is 16.0 Å². The second-order valence-corrected chi connectivity index (χ2v) is 7.28. The van der Waals surface area contributed by atoms with E-state index >= 15 is 0 Å². The first kappa shape index (κ1) is 15.7. The topological polar surface area (TPSA) is 93.1 Å². The Balaban J connectivity index is 1.94. The highest BCUT2D eigenvalue weighted by Crippen LogP contribution is 2.29. The van der Waals surface area contributed by atoms with Crippen molar-refractivity contribution in [1.29, 1.82) is 0 Å². The predicted molar refractivity (Wildman–Crippen MR) is 70.9 cm³/mol. The first-order valence-corrected chi connectivity index (χ1v) is 8.47. The van der Waals surface area contributed by atoms with Gasteiger partial charge in [-0.3, -0.25) is 0 Å². The average molecular weight is 307 g/mol. The Bertz CT molecular complexity index is 451. The third kappa shape index (κ3) is 3.13. The lowest BCUT2D eigenvalue weighted by atomic mass is 9.97. The van der Waals surface area contributed by atoms with Crippen LogP contribution in [0.25, 0.3) is 0 Å². The van der Waals surface area contributed by atoms with Crippen molar-refractivity contribution < 1.29 is 27.8 Å². The van der Waals surface area contributed by atoms with E-state index in [1.807, 2.05) is 0 Å². The van der Waals surface area contributed by atoms with Crippen LogP contribution in [0.2, 0.25) is 0 Å². The number of rotatable bonds is 6. The van der Waals surface area contributed by atoms with Gasteiger partial charge in [0.05, 0.1) is 24.9 Å². The molecule has 1 atom stereocenters. The summed E-state index contributed by atoms with van der Waals surface area (Å²) in [5, 5.41) is 9.15. The number of carboxylic acids is 1. The van der Waals surface area contributed by atoms with Crippen molar-refractivity contribution in [3.8, 4) is 0 Å². The van der Waals surface area contributed by atoms with Crippen molar-refractivity contribution in [3.63, 3.8) is 0 Å². The Morgan fingerprint density at radius 2 is 2.15 bits per heavy atom. The molecule has 7 nitrogen and oxygen atoms in total. The van der Waals surface area contributed by atoms with Crippen molar-refractivity contribution in [2.45, 2.75) is 37.9 Å². The maximum atomic E-state index is 12.2. The second kappa shape index (κ2) is 5.97. The Morgan fingerprint density at radius 3 is 2.65 bits per heavy atom. The summed E-state index contributed by atoms with van der Waals surface area (Å²) in [5.41, 5.74) is -1.38. The molecule has 2 saturated heterocycles. The van der Waals surface area contributed by atoms with Crippen molar-refractivity contribution in [2.24, 2.45) is 0 Å². The summed E-state index contributed by atoms with van der Waals surface area (Å²) in [6.07, 6.45) is 2.40. The van der Waals surface area contributed by atoms with E-state index in [4.69, 9.17) is 14.6 Å². The van der Waals surface area contributed by atoms with E-state index in [1.54, 1.807) is 6.92 Å². The van der Waals surface area contributed by atoms with Crippen LogP contribution in [0.3, 0.4) is 0 Å². The van der Waals surface area contributed by atoms with Crippen LogP contribution in [0, 0.1) is 0 Å². The molecule has 0 radical (unpaired) electrons. The SMILES string of the molecule is CCOC1(C(=O)O)CN(S(=O)(=O)CC2CCCCO2)C1. The largest absolute Gasteiger partial charge is 0.479 e. The molecule has 116 valence electrons. The summed E-state index contributed by atoms with van der Waals surface area (Å²) >= 11 is 0. The Morgan fingerprint density at radius 1 is 1.45 bits per heavy atom. The standard InChI is InChI=1S/C12H21NO6S/c1-2-19-12(11(14)15)8-13(9-12)20(16,17)7-10-5-3-4-6-18-10/h10H,2-9H2,1H3,(H,14,15). The molecule has 0 amide bonds. The first-order valence-electron chi connectivity index (χ1n) is 6.86. The van der Waals surface area contributed by atoms with Gasteiger partial charge in [0.25, 0.3) is 0 Å². The average Bonchev–Trinajstić information content (AvgIpc) is 2.33. The number of carbonyl (C=O) groups is 1. The van der Waals surface area contributed by atoms with Crippen LogP contribution in [0.4, 0.5) is 0 Å². The Labute approximate surface area is 118 Å². The second-order valence-electron chi connectivity index (χ2n) is 5.27. The van der Waals surface area contributed by atoms with Crippen molar-refractivity contribution in [3.05, 3.63) is 0 Å². The number of ether oxygens (including phenoxy) is 2. The third-order valence-corrected chi connectivity index (χ3v) is 5.58. The molecule has 2 aliphatic rings. The summed E-state index contributed by atoms with van der Waals surface area (Å²) in [7, 11) is -3.48. The first-order chi connectivity index (χ1) is 9.39. The maximum Gasteiger partial charge on any atom is 0.338 e. The molecule has 0 aliphatic carbocycles. The number of aliphatic carboxylic acids is 1. The summed E-state index contributed by atoms with van der Waals surface area (Å²) in [4.78, 5) is 11.2. The quantitative estimate of drug-likeness (QED) is 0.746. The molecule has 1 unspecified atom stereocenters. The fourth-order valence-corrected chi connectivity index (χ4v) is 4.32. The van der Waals surface area contributed by atoms with Gasteiger partial charge in [0.15, 0.2) is 5.60 Å². The molecule has 0 saturated carbocycles. The molecule has 0 aromatic heterocycles. The van der Waals surface area contributed by atoms with Crippen LogP contribution in [0.15, 0.2) is 0 Å². The van der Waals surface area contributed by atoms with Crippen LogP contribution in [-0.4, -0.2) is 67.6 Å². The van der Waals surface area contributed by atoms with Crippen LogP contribution in [-0.2, 0) is 24.3 Å².